The Bertz CT molecular complexity index is 2310. The van der Waals surface area contributed by atoms with E-state index in [0.29, 0.717) is 19.7 Å². The van der Waals surface area contributed by atoms with E-state index in [1.165, 1.54) is 28.5 Å². The number of carbonyl (C=O) groups is 2. The van der Waals surface area contributed by atoms with Crippen LogP contribution in [0.4, 0.5) is 11.6 Å². The average molecular weight is 851 g/mol. The number of nitrogens with zero attached hydrogens (tertiary/aromatic N) is 8. The third-order valence-electron chi connectivity index (χ3n) is 12.9. The van der Waals surface area contributed by atoms with E-state index in [2.05, 4.69) is 112 Å². The minimum absolute atomic E-state index is 0.00136. The van der Waals surface area contributed by atoms with Crippen LogP contribution >= 0.6 is 0 Å². The van der Waals surface area contributed by atoms with Crippen molar-refractivity contribution in [2.24, 2.45) is 0 Å². The van der Waals surface area contributed by atoms with Gasteiger partial charge in [0.25, 0.3) is 0 Å². The van der Waals surface area contributed by atoms with Gasteiger partial charge in [-0.15, -0.1) is 0 Å². The van der Waals surface area contributed by atoms with Gasteiger partial charge < -0.3 is 29.4 Å². The summed E-state index contributed by atoms with van der Waals surface area (Å²) in [5.41, 5.74) is 8.12. The second-order valence-corrected chi connectivity index (χ2v) is 17.6. The zero-order chi connectivity index (χ0) is 43.9. The van der Waals surface area contributed by atoms with Gasteiger partial charge in [-0.05, 0) is 80.5 Å². The van der Waals surface area contributed by atoms with Gasteiger partial charge in [-0.25, -0.2) is 9.97 Å². The van der Waals surface area contributed by atoms with Crippen LogP contribution in [0.25, 0.3) is 0 Å². The Labute approximate surface area is 372 Å². The van der Waals surface area contributed by atoms with Gasteiger partial charge in [0.2, 0.25) is 11.8 Å². The number of aromatic nitrogens is 2. The molecular formula is C51H62N8O4. The van der Waals surface area contributed by atoms with Crippen LogP contribution in [0, 0.1) is 27.7 Å². The molecule has 0 aliphatic carbocycles. The van der Waals surface area contributed by atoms with Gasteiger partial charge in [-0.1, -0.05) is 90.0 Å². The lowest BCUT2D eigenvalue weighted by atomic mass is 10.1. The summed E-state index contributed by atoms with van der Waals surface area (Å²) >= 11 is 0. The molecule has 4 aliphatic rings. The highest BCUT2D eigenvalue weighted by molar-refractivity contribution is 5.84. The smallest absolute Gasteiger partial charge is 0.240 e. The van der Waals surface area contributed by atoms with Crippen LogP contribution in [0.15, 0.2) is 103 Å². The third-order valence-corrected chi connectivity index (χ3v) is 12.9. The molecule has 2 atom stereocenters. The molecule has 4 saturated heterocycles. The number of rotatable bonds is 11. The zero-order valence-corrected chi connectivity index (χ0v) is 37.3. The molecule has 0 spiro atoms. The van der Waals surface area contributed by atoms with E-state index in [0.717, 1.165) is 112 Å². The van der Waals surface area contributed by atoms with Gasteiger partial charge in [-0.3, -0.25) is 19.4 Å². The molecule has 12 heteroatoms. The third kappa shape index (κ3) is 10.8. The van der Waals surface area contributed by atoms with E-state index in [-0.39, 0.29) is 29.6 Å². The van der Waals surface area contributed by atoms with Crippen molar-refractivity contribution >= 4 is 23.5 Å². The molecule has 2 amide bonds. The molecule has 12 nitrogen and oxygen atoms in total. The normalized spacial score (nSPS) is 19.7. The molecule has 3 aromatic carbocycles. The summed E-state index contributed by atoms with van der Waals surface area (Å²) in [5.74, 6) is 3.46. The molecule has 4 fully saturated rings. The highest BCUT2D eigenvalue weighted by Gasteiger charge is 2.38. The Morgan fingerprint density at radius 2 is 1.02 bits per heavy atom. The first-order chi connectivity index (χ1) is 30.6. The molecule has 0 saturated carbocycles. The van der Waals surface area contributed by atoms with E-state index < -0.39 is 0 Å². The Hall–Kier alpha value is -5.98. The predicted octanol–water partition coefficient (Wildman–Crippen LogP) is 6.53. The number of carbonyl (C=O) groups excluding carboxylic acids is 2. The molecular weight excluding hydrogens is 789 g/mol. The van der Waals surface area contributed by atoms with Gasteiger partial charge >= 0.3 is 0 Å². The number of benzene rings is 3. The van der Waals surface area contributed by atoms with Gasteiger partial charge in [0.15, 0.2) is 0 Å². The molecule has 4 aliphatic heterocycles. The van der Waals surface area contributed by atoms with Crippen molar-refractivity contribution in [1.82, 2.24) is 29.6 Å². The van der Waals surface area contributed by atoms with E-state index in [4.69, 9.17) is 9.72 Å². The number of ether oxygens (including phenoxy) is 1. The van der Waals surface area contributed by atoms with Gasteiger partial charge in [0.05, 0.1) is 24.5 Å². The molecule has 9 rings (SSSR count). The average Bonchev–Trinajstić information content (AvgIpc) is 3.85. The van der Waals surface area contributed by atoms with Crippen LogP contribution in [0.3, 0.4) is 0 Å². The Morgan fingerprint density at radius 3 is 1.48 bits per heavy atom. The minimum Gasteiger partial charge on any atom is -0.506 e. The van der Waals surface area contributed by atoms with Crippen LogP contribution in [0.1, 0.15) is 51.8 Å². The number of pyridine rings is 2. The molecule has 1 N–H and O–H groups in total. The van der Waals surface area contributed by atoms with Crippen LogP contribution in [-0.4, -0.2) is 124 Å². The second-order valence-electron chi connectivity index (χ2n) is 17.6. The van der Waals surface area contributed by atoms with Crippen LogP contribution in [0.2, 0.25) is 0 Å². The molecule has 63 heavy (non-hydrogen) atoms. The number of anilines is 2. The fraction of sp³-hybridized carbons (Fsp3) is 0.412. The number of hydrogen-bond donors (Lipinski definition) is 1. The quantitative estimate of drug-likeness (QED) is 0.158. The lowest BCUT2D eigenvalue weighted by molar-refractivity contribution is -0.133. The summed E-state index contributed by atoms with van der Waals surface area (Å²) in [5, 5.41) is 9.56. The van der Waals surface area contributed by atoms with Crippen LogP contribution in [0.5, 0.6) is 11.5 Å². The number of likely N-dealkylation sites (tertiary alicyclic amines) is 2. The van der Waals surface area contributed by atoms with Crippen molar-refractivity contribution in [2.75, 3.05) is 75.2 Å². The van der Waals surface area contributed by atoms with Crippen molar-refractivity contribution in [2.45, 2.75) is 72.3 Å². The summed E-state index contributed by atoms with van der Waals surface area (Å²) in [4.78, 5) is 48.5. The van der Waals surface area contributed by atoms with E-state index in [9.17, 15) is 14.7 Å². The first-order valence-electron chi connectivity index (χ1n) is 22.5. The van der Waals surface area contributed by atoms with Crippen LogP contribution in [-0.2, 0) is 29.3 Å². The first-order valence-corrected chi connectivity index (χ1v) is 22.5. The summed E-state index contributed by atoms with van der Waals surface area (Å²) in [6, 6.07) is 30.9. The van der Waals surface area contributed by atoms with Crippen molar-refractivity contribution < 1.29 is 19.4 Å². The van der Waals surface area contributed by atoms with Crippen molar-refractivity contribution in [1.29, 1.82) is 0 Å². The standard InChI is InChI=1S/C29H34N4O2.C22H28N4O2/c1-22-8-10-24(11-9-22)20-33-13-12-27(29(33)34)31-14-16-32(17-15-31)28-23(2)18-26(19-30-28)35-21-25-6-4-3-5-7-25;1-16-3-5-18(6-4-16)15-26-8-7-20(22(26)28)24-9-11-25(12-10-24)21-17(2)13-19(27)14-23-21/h3-11,18-19,27H,12-17,20-21H2,1-2H3;3-6,13-14,20,27H,7-12,15H2,1-2H3/t27-;20-/m11/s1. The molecule has 330 valence electrons. The lowest BCUT2D eigenvalue weighted by Crippen LogP contribution is -2.52. The second kappa shape index (κ2) is 20.0. The molecule has 6 heterocycles. The zero-order valence-electron chi connectivity index (χ0n) is 37.3. The molecule has 5 aromatic rings. The lowest BCUT2D eigenvalue weighted by Gasteiger charge is -2.38. The van der Waals surface area contributed by atoms with Crippen molar-refractivity contribution in [3.8, 4) is 11.5 Å². The summed E-state index contributed by atoms with van der Waals surface area (Å²) in [6.07, 6.45) is 5.13. The molecule has 0 bridgehead atoms. The number of aromatic hydroxyl groups is 1. The topological polar surface area (TPSA) is 109 Å². The largest absolute Gasteiger partial charge is 0.506 e. The van der Waals surface area contributed by atoms with Gasteiger partial charge in [-0.2, -0.15) is 0 Å². The Kier molecular flexibility index (Phi) is 13.9. The Balaban J connectivity index is 0.000000177. The van der Waals surface area contributed by atoms with Crippen molar-refractivity contribution in [3.63, 3.8) is 0 Å². The number of piperazine rings is 2. The van der Waals surface area contributed by atoms with E-state index in [1.807, 2.05) is 41.1 Å². The molecule has 0 radical (unpaired) electrons. The fourth-order valence-corrected chi connectivity index (χ4v) is 9.33. The molecule has 2 aromatic heterocycles. The highest BCUT2D eigenvalue weighted by Crippen LogP contribution is 2.28. The van der Waals surface area contributed by atoms with E-state index >= 15 is 0 Å². The SMILES string of the molecule is Cc1ccc(CN2CC[C@@H](N3CCN(c4ncc(O)cc4C)CC3)C2=O)cc1.Cc1ccc(CN2CC[C@@H](N3CCN(c4ncc(OCc5ccccc5)cc4C)CC3)C2=O)cc1. The highest BCUT2D eigenvalue weighted by atomic mass is 16.5. The summed E-state index contributed by atoms with van der Waals surface area (Å²) in [6.45, 7) is 18.8. The summed E-state index contributed by atoms with van der Waals surface area (Å²) < 4.78 is 5.94. The van der Waals surface area contributed by atoms with Gasteiger partial charge in [0.1, 0.15) is 29.7 Å². The number of amides is 2. The van der Waals surface area contributed by atoms with Gasteiger partial charge in [0, 0.05) is 78.5 Å². The minimum atomic E-state index is 0.00136. The maximum Gasteiger partial charge on any atom is 0.240 e. The predicted molar refractivity (Wildman–Crippen MR) is 248 cm³/mol. The van der Waals surface area contributed by atoms with Crippen LogP contribution < -0.4 is 14.5 Å². The molecule has 0 unspecified atom stereocenters. The maximum absolute atomic E-state index is 13.1. The fourth-order valence-electron chi connectivity index (χ4n) is 9.33. The monoisotopic (exact) mass is 850 g/mol. The van der Waals surface area contributed by atoms with Crippen molar-refractivity contribution in [3.05, 3.63) is 142 Å². The number of aryl methyl sites for hydroxylation is 4. The first kappa shape index (κ1) is 43.7. The van der Waals surface area contributed by atoms with E-state index in [1.54, 1.807) is 6.07 Å². The number of hydrogen-bond acceptors (Lipinski definition) is 10. The maximum atomic E-state index is 13.1. The summed E-state index contributed by atoms with van der Waals surface area (Å²) in [7, 11) is 0. The Morgan fingerprint density at radius 1 is 0.556 bits per heavy atom.